The van der Waals surface area contributed by atoms with Crippen molar-refractivity contribution in [1.82, 2.24) is 20.3 Å². The smallest absolute Gasteiger partial charge is 0.232 e. The Morgan fingerprint density at radius 2 is 1.71 bits per heavy atom. The topological polar surface area (TPSA) is 121 Å². The van der Waals surface area contributed by atoms with Gasteiger partial charge in [-0.05, 0) is 43.7 Å². The van der Waals surface area contributed by atoms with E-state index in [0.29, 0.717) is 29.1 Å². The summed E-state index contributed by atoms with van der Waals surface area (Å²) in [5.74, 6) is 1.20. The summed E-state index contributed by atoms with van der Waals surface area (Å²) in [5, 5.41) is 9.68. The summed E-state index contributed by atoms with van der Waals surface area (Å²) in [4.78, 5) is 15.2. The SMILES string of the molecule is CCNC1CCN(c2ccc(Nc3ncnc(Nc4ccccc4S(C)(=O)=O)n3)c(OC)c2)CC1. The standard InChI is InChI=1S/C24H31N7O3S/c1-4-25-17-11-13-31(14-12-17)18-9-10-19(21(15-18)34-2)28-23-26-16-27-24(30-23)29-20-7-5-6-8-22(20)35(3,32)33/h5-10,15-17,25H,4,11-14H2,1-3H3,(H2,26,27,28,29,30). The minimum absolute atomic E-state index is 0.168. The number of anilines is 5. The number of nitrogens with one attached hydrogen (secondary N) is 3. The molecular weight excluding hydrogens is 466 g/mol. The number of hydrogen-bond acceptors (Lipinski definition) is 10. The van der Waals surface area contributed by atoms with Gasteiger partial charge in [-0.2, -0.15) is 4.98 Å². The van der Waals surface area contributed by atoms with Crippen LogP contribution in [0.25, 0.3) is 0 Å². The third kappa shape index (κ3) is 6.17. The summed E-state index contributed by atoms with van der Waals surface area (Å²) in [5.41, 5.74) is 2.22. The second kappa shape index (κ2) is 10.9. The molecule has 0 bridgehead atoms. The van der Waals surface area contributed by atoms with Crippen LogP contribution in [0.1, 0.15) is 19.8 Å². The van der Waals surface area contributed by atoms with Crippen molar-refractivity contribution in [3.05, 3.63) is 48.8 Å². The lowest BCUT2D eigenvalue weighted by molar-refractivity contribution is 0.413. The van der Waals surface area contributed by atoms with Crippen LogP contribution in [0, 0.1) is 0 Å². The van der Waals surface area contributed by atoms with E-state index in [4.69, 9.17) is 4.74 Å². The van der Waals surface area contributed by atoms with Crippen LogP contribution in [0.15, 0.2) is 53.7 Å². The van der Waals surface area contributed by atoms with E-state index in [1.807, 2.05) is 12.1 Å². The number of benzene rings is 2. The average Bonchev–Trinajstić information content (AvgIpc) is 2.85. The zero-order valence-electron chi connectivity index (χ0n) is 20.2. The van der Waals surface area contributed by atoms with Crippen LogP contribution in [-0.2, 0) is 9.84 Å². The van der Waals surface area contributed by atoms with Gasteiger partial charge in [-0.1, -0.05) is 19.1 Å². The largest absolute Gasteiger partial charge is 0.494 e. The van der Waals surface area contributed by atoms with Crippen LogP contribution in [0.4, 0.5) is 29.0 Å². The van der Waals surface area contributed by atoms with Gasteiger partial charge < -0.3 is 25.6 Å². The molecule has 1 aliphatic rings. The highest BCUT2D eigenvalue weighted by Gasteiger charge is 2.20. The third-order valence-corrected chi connectivity index (χ3v) is 7.04. The second-order valence-corrected chi connectivity index (χ2v) is 10.3. The molecule has 10 nitrogen and oxygen atoms in total. The minimum Gasteiger partial charge on any atom is -0.494 e. The van der Waals surface area contributed by atoms with Gasteiger partial charge in [0.1, 0.15) is 12.1 Å². The monoisotopic (exact) mass is 497 g/mol. The molecule has 2 aromatic carbocycles. The van der Waals surface area contributed by atoms with Crippen molar-refractivity contribution < 1.29 is 13.2 Å². The van der Waals surface area contributed by atoms with Crippen molar-refractivity contribution in [3.63, 3.8) is 0 Å². The Morgan fingerprint density at radius 1 is 1.03 bits per heavy atom. The minimum atomic E-state index is -3.41. The average molecular weight is 498 g/mol. The maximum atomic E-state index is 12.1. The summed E-state index contributed by atoms with van der Waals surface area (Å²) in [6, 6.07) is 13.2. The first-order chi connectivity index (χ1) is 16.9. The lowest BCUT2D eigenvalue weighted by Gasteiger charge is -2.34. The van der Waals surface area contributed by atoms with Gasteiger partial charge in [0.25, 0.3) is 0 Å². The van der Waals surface area contributed by atoms with Gasteiger partial charge in [0.05, 0.1) is 23.4 Å². The molecule has 186 valence electrons. The van der Waals surface area contributed by atoms with Crippen molar-refractivity contribution >= 4 is 38.8 Å². The van der Waals surface area contributed by atoms with Gasteiger partial charge >= 0.3 is 0 Å². The van der Waals surface area contributed by atoms with Crippen LogP contribution >= 0.6 is 0 Å². The Labute approximate surface area is 206 Å². The molecule has 1 saturated heterocycles. The van der Waals surface area contributed by atoms with Crippen molar-refractivity contribution in [2.45, 2.75) is 30.7 Å². The first kappa shape index (κ1) is 24.7. The van der Waals surface area contributed by atoms with Crippen LogP contribution < -0.4 is 25.6 Å². The Balaban J connectivity index is 1.49. The molecule has 35 heavy (non-hydrogen) atoms. The van der Waals surface area contributed by atoms with Crippen molar-refractivity contribution in [2.24, 2.45) is 0 Å². The van der Waals surface area contributed by atoms with Gasteiger partial charge in [0.2, 0.25) is 11.9 Å². The van der Waals surface area contributed by atoms with Crippen LogP contribution in [0.5, 0.6) is 5.75 Å². The number of para-hydroxylation sites is 1. The predicted molar refractivity (Wildman–Crippen MR) is 138 cm³/mol. The molecule has 0 unspecified atom stereocenters. The van der Waals surface area contributed by atoms with Crippen molar-refractivity contribution in [3.8, 4) is 5.75 Å². The highest BCUT2D eigenvalue weighted by Crippen LogP contribution is 2.32. The van der Waals surface area contributed by atoms with Crippen LogP contribution in [0.2, 0.25) is 0 Å². The van der Waals surface area contributed by atoms with Crippen molar-refractivity contribution in [2.75, 3.05) is 48.5 Å². The van der Waals surface area contributed by atoms with E-state index in [9.17, 15) is 8.42 Å². The summed E-state index contributed by atoms with van der Waals surface area (Å²) in [6.07, 6.45) is 4.74. The Morgan fingerprint density at radius 3 is 2.37 bits per heavy atom. The Hall–Kier alpha value is -3.44. The van der Waals surface area contributed by atoms with Gasteiger partial charge in [0.15, 0.2) is 9.84 Å². The number of methoxy groups -OCH3 is 1. The molecule has 3 N–H and O–H groups in total. The molecule has 0 aliphatic carbocycles. The highest BCUT2D eigenvalue weighted by molar-refractivity contribution is 7.90. The molecule has 2 heterocycles. The summed E-state index contributed by atoms with van der Waals surface area (Å²) < 4.78 is 29.8. The Bertz CT molecular complexity index is 1260. The van der Waals surface area contributed by atoms with E-state index in [1.54, 1.807) is 25.3 Å². The first-order valence-electron chi connectivity index (χ1n) is 11.6. The molecule has 4 rings (SSSR count). The maximum absolute atomic E-state index is 12.1. The maximum Gasteiger partial charge on any atom is 0.232 e. The van der Waals surface area contributed by atoms with Crippen molar-refractivity contribution in [1.29, 1.82) is 0 Å². The number of nitrogens with zero attached hydrogens (tertiary/aromatic N) is 4. The van der Waals surface area contributed by atoms with E-state index >= 15 is 0 Å². The van der Waals surface area contributed by atoms with E-state index in [1.165, 1.54) is 12.4 Å². The normalized spacial score (nSPS) is 14.5. The van der Waals surface area contributed by atoms with Gasteiger partial charge in [-0.25, -0.2) is 18.4 Å². The van der Waals surface area contributed by atoms with E-state index < -0.39 is 9.84 Å². The molecule has 3 aromatic rings. The van der Waals surface area contributed by atoms with Gasteiger partial charge in [-0.15, -0.1) is 0 Å². The number of aromatic nitrogens is 3. The quantitative estimate of drug-likeness (QED) is 0.406. The number of sulfone groups is 1. The zero-order chi connectivity index (χ0) is 24.8. The number of piperidine rings is 1. The molecule has 0 saturated carbocycles. The molecule has 11 heteroatoms. The summed E-state index contributed by atoms with van der Waals surface area (Å²) in [6.45, 7) is 5.12. The lowest BCUT2D eigenvalue weighted by Crippen LogP contribution is -2.42. The number of rotatable bonds is 9. The third-order valence-electron chi connectivity index (χ3n) is 5.89. The summed E-state index contributed by atoms with van der Waals surface area (Å²) >= 11 is 0. The molecular formula is C24H31N7O3S. The van der Waals surface area contributed by atoms with E-state index in [-0.39, 0.29) is 10.8 Å². The molecule has 1 fully saturated rings. The molecule has 0 atom stereocenters. The molecule has 1 aliphatic heterocycles. The molecule has 0 radical (unpaired) electrons. The number of ether oxygens (including phenoxy) is 1. The van der Waals surface area contributed by atoms with Gasteiger partial charge in [0, 0.05) is 37.1 Å². The molecule has 1 aromatic heterocycles. The van der Waals surface area contributed by atoms with Gasteiger partial charge in [-0.3, -0.25) is 0 Å². The zero-order valence-corrected chi connectivity index (χ0v) is 21.0. The molecule has 0 amide bonds. The Kier molecular flexibility index (Phi) is 7.67. The van der Waals surface area contributed by atoms with E-state index in [2.05, 4.69) is 48.8 Å². The fourth-order valence-electron chi connectivity index (χ4n) is 4.16. The van der Waals surface area contributed by atoms with Crippen LogP contribution in [0.3, 0.4) is 0 Å². The number of hydrogen-bond donors (Lipinski definition) is 3. The predicted octanol–water partition coefficient (Wildman–Crippen LogP) is 3.35. The lowest BCUT2D eigenvalue weighted by atomic mass is 10.0. The fraction of sp³-hybridized carbons (Fsp3) is 0.375. The van der Waals surface area contributed by atoms with E-state index in [0.717, 1.165) is 44.4 Å². The van der Waals surface area contributed by atoms with Crippen LogP contribution in [-0.4, -0.2) is 62.4 Å². The summed E-state index contributed by atoms with van der Waals surface area (Å²) in [7, 11) is -1.79. The fourth-order valence-corrected chi connectivity index (χ4v) is 5.01. The highest BCUT2D eigenvalue weighted by atomic mass is 32.2. The first-order valence-corrected chi connectivity index (χ1v) is 13.4. The second-order valence-electron chi connectivity index (χ2n) is 8.35. The molecule has 0 spiro atoms.